The standard InChI is InChI=1S/C21H27FN2O3/c22-17-9-7-16(8-10-17)19-15-24-21(27-19)12-11-20(25)23-13-4-14-26-18-5-2-1-3-6-18/h7-10,15,18H,1-6,11-14H2,(H,23,25). The van der Waals surface area contributed by atoms with Crippen LogP contribution in [0.2, 0.25) is 0 Å². The van der Waals surface area contributed by atoms with Crippen molar-refractivity contribution in [2.45, 2.75) is 57.5 Å². The van der Waals surface area contributed by atoms with E-state index >= 15 is 0 Å². The quantitative estimate of drug-likeness (QED) is 0.666. The molecule has 0 aliphatic heterocycles. The molecule has 0 bridgehead atoms. The van der Waals surface area contributed by atoms with Crippen LogP contribution >= 0.6 is 0 Å². The van der Waals surface area contributed by atoms with E-state index in [9.17, 15) is 9.18 Å². The zero-order valence-electron chi connectivity index (χ0n) is 15.6. The van der Waals surface area contributed by atoms with E-state index in [1.165, 1.54) is 44.2 Å². The summed E-state index contributed by atoms with van der Waals surface area (Å²) in [7, 11) is 0. The molecule has 3 rings (SSSR count). The molecule has 1 N–H and O–H groups in total. The summed E-state index contributed by atoms with van der Waals surface area (Å²) in [5.41, 5.74) is 0.762. The van der Waals surface area contributed by atoms with Crippen molar-refractivity contribution in [3.63, 3.8) is 0 Å². The largest absolute Gasteiger partial charge is 0.441 e. The number of carbonyl (C=O) groups excluding carboxylic acids is 1. The van der Waals surface area contributed by atoms with Crippen LogP contribution in [0.4, 0.5) is 4.39 Å². The first-order chi connectivity index (χ1) is 13.2. The van der Waals surface area contributed by atoms with Crippen LogP contribution in [0, 0.1) is 5.82 Å². The number of nitrogens with one attached hydrogen (secondary N) is 1. The van der Waals surface area contributed by atoms with Crippen LogP contribution in [0.3, 0.4) is 0 Å². The van der Waals surface area contributed by atoms with Crippen LogP contribution in [0.25, 0.3) is 11.3 Å². The van der Waals surface area contributed by atoms with Gasteiger partial charge in [0.2, 0.25) is 5.91 Å². The fourth-order valence-corrected chi connectivity index (χ4v) is 3.26. The molecule has 27 heavy (non-hydrogen) atoms. The molecule has 0 saturated heterocycles. The summed E-state index contributed by atoms with van der Waals surface area (Å²) in [6, 6.07) is 6.04. The maximum Gasteiger partial charge on any atom is 0.220 e. The Morgan fingerprint density at radius 1 is 1.22 bits per heavy atom. The van der Waals surface area contributed by atoms with Crippen LogP contribution in [-0.2, 0) is 16.0 Å². The molecule has 0 radical (unpaired) electrons. The molecule has 0 atom stereocenters. The summed E-state index contributed by atoms with van der Waals surface area (Å²) in [4.78, 5) is 16.1. The Balaban J connectivity index is 1.30. The number of amides is 1. The number of aryl methyl sites for hydroxylation is 1. The van der Waals surface area contributed by atoms with Gasteiger partial charge in [0, 0.05) is 31.6 Å². The summed E-state index contributed by atoms with van der Waals surface area (Å²) in [5, 5.41) is 2.91. The first kappa shape index (κ1) is 19.5. The van der Waals surface area contributed by atoms with Crippen LogP contribution in [-0.4, -0.2) is 30.1 Å². The number of ether oxygens (including phenoxy) is 1. The lowest BCUT2D eigenvalue weighted by molar-refractivity contribution is -0.121. The maximum absolute atomic E-state index is 13.0. The molecule has 1 saturated carbocycles. The average Bonchev–Trinajstić information content (AvgIpc) is 3.16. The predicted octanol–water partition coefficient (Wildman–Crippen LogP) is 4.27. The molecule has 1 amide bonds. The van der Waals surface area contributed by atoms with Gasteiger partial charge in [-0.2, -0.15) is 0 Å². The highest BCUT2D eigenvalue weighted by Gasteiger charge is 2.13. The van der Waals surface area contributed by atoms with Crippen molar-refractivity contribution in [1.82, 2.24) is 10.3 Å². The van der Waals surface area contributed by atoms with Gasteiger partial charge < -0.3 is 14.5 Å². The first-order valence-electron chi connectivity index (χ1n) is 9.79. The lowest BCUT2D eigenvalue weighted by Gasteiger charge is -2.21. The minimum absolute atomic E-state index is 0.0193. The molecule has 0 spiro atoms. The van der Waals surface area contributed by atoms with E-state index in [1.54, 1.807) is 18.3 Å². The van der Waals surface area contributed by atoms with Crippen molar-refractivity contribution < 1.29 is 18.3 Å². The Morgan fingerprint density at radius 3 is 2.78 bits per heavy atom. The molecule has 2 aromatic rings. The first-order valence-corrected chi connectivity index (χ1v) is 9.79. The lowest BCUT2D eigenvalue weighted by Crippen LogP contribution is -2.26. The van der Waals surface area contributed by atoms with E-state index in [4.69, 9.17) is 9.15 Å². The molecule has 1 heterocycles. The van der Waals surface area contributed by atoms with Gasteiger partial charge in [0.1, 0.15) is 5.82 Å². The Bertz CT molecular complexity index is 708. The van der Waals surface area contributed by atoms with Crippen molar-refractivity contribution in [3.05, 3.63) is 42.2 Å². The molecule has 1 aliphatic carbocycles. The van der Waals surface area contributed by atoms with E-state index < -0.39 is 0 Å². The SMILES string of the molecule is O=C(CCc1ncc(-c2ccc(F)cc2)o1)NCCCOC1CCCCC1. The molecule has 1 aromatic carbocycles. The number of nitrogens with zero attached hydrogens (tertiary/aromatic N) is 1. The van der Waals surface area contributed by atoms with E-state index in [1.807, 2.05) is 0 Å². The Labute approximate surface area is 159 Å². The van der Waals surface area contributed by atoms with E-state index in [0.29, 0.717) is 43.7 Å². The third kappa shape index (κ3) is 6.47. The highest BCUT2D eigenvalue weighted by molar-refractivity contribution is 5.76. The topological polar surface area (TPSA) is 64.4 Å². The minimum atomic E-state index is -0.292. The van der Waals surface area contributed by atoms with E-state index in [-0.39, 0.29) is 11.7 Å². The number of aromatic nitrogens is 1. The highest BCUT2D eigenvalue weighted by atomic mass is 19.1. The van der Waals surface area contributed by atoms with Gasteiger partial charge in [0.05, 0.1) is 12.3 Å². The van der Waals surface area contributed by atoms with Crippen molar-refractivity contribution in [2.75, 3.05) is 13.2 Å². The summed E-state index contributed by atoms with van der Waals surface area (Å²) < 4.78 is 24.4. The van der Waals surface area contributed by atoms with Crippen molar-refractivity contribution in [1.29, 1.82) is 0 Å². The molecule has 5 nitrogen and oxygen atoms in total. The second-order valence-electron chi connectivity index (χ2n) is 6.96. The molecule has 0 unspecified atom stereocenters. The predicted molar refractivity (Wildman–Crippen MR) is 101 cm³/mol. The summed E-state index contributed by atoms with van der Waals surface area (Å²) in [6.45, 7) is 1.32. The van der Waals surface area contributed by atoms with Crippen molar-refractivity contribution in [3.8, 4) is 11.3 Å². The molecule has 146 valence electrons. The number of hydrogen-bond donors (Lipinski definition) is 1. The van der Waals surface area contributed by atoms with Gasteiger partial charge in [0.25, 0.3) is 0 Å². The number of oxazole rings is 1. The zero-order chi connectivity index (χ0) is 18.9. The van der Waals surface area contributed by atoms with Gasteiger partial charge in [-0.15, -0.1) is 0 Å². The van der Waals surface area contributed by atoms with E-state index in [0.717, 1.165) is 12.0 Å². The Morgan fingerprint density at radius 2 is 2.00 bits per heavy atom. The van der Waals surface area contributed by atoms with Gasteiger partial charge in [-0.05, 0) is 43.5 Å². The van der Waals surface area contributed by atoms with Gasteiger partial charge in [-0.25, -0.2) is 9.37 Å². The summed E-state index contributed by atoms with van der Waals surface area (Å²) in [6.07, 6.45) is 9.81. The molecule has 1 aliphatic rings. The third-order valence-electron chi connectivity index (χ3n) is 4.80. The molecule has 6 heteroatoms. The number of hydrogen-bond acceptors (Lipinski definition) is 4. The minimum Gasteiger partial charge on any atom is -0.441 e. The number of rotatable bonds is 9. The fraction of sp³-hybridized carbons (Fsp3) is 0.524. The summed E-state index contributed by atoms with van der Waals surface area (Å²) >= 11 is 0. The highest BCUT2D eigenvalue weighted by Crippen LogP contribution is 2.21. The van der Waals surface area contributed by atoms with Gasteiger partial charge in [-0.3, -0.25) is 4.79 Å². The molecular weight excluding hydrogens is 347 g/mol. The maximum atomic E-state index is 13.0. The van der Waals surface area contributed by atoms with Crippen LogP contribution < -0.4 is 5.32 Å². The average molecular weight is 374 g/mol. The smallest absolute Gasteiger partial charge is 0.220 e. The van der Waals surface area contributed by atoms with Crippen LogP contribution in [0.1, 0.15) is 50.8 Å². The van der Waals surface area contributed by atoms with E-state index in [2.05, 4.69) is 10.3 Å². The monoisotopic (exact) mass is 374 g/mol. The van der Waals surface area contributed by atoms with Gasteiger partial charge >= 0.3 is 0 Å². The molecular formula is C21H27FN2O3. The molecule has 1 fully saturated rings. The molecule has 1 aromatic heterocycles. The Hall–Kier alpha value is -2.21. The van der Waals surface area contributed by atoms with Crippen LogP contribution in [0.15, 0.2) is 34.9 Å². The number of halogens is 1. The fourth-order valence-electron chi connectivity index (χ4n) is 3.26. The third-order valence-corrected chi connectivity index (χ3v) is 4.80. The lowest BCUT2D eigenvalue weighted by atomic mass is 9.98. The van der Waals surface area contributed by atoms with Crippen molar-refractivity contribution in [2.24, 2.45) is 0 Å². The second-order valence-corrected chi connectivity index (χ2v) is 6.96. The number of carbonyl (C=O) groups is 1. The van der Waals surface area contributed by atoms with Crippen molar-refractivity contribution >= 4 is 5.91 Å². The van der Waals surface area contributed by atoms with Gasteiger partial charge in [-0.1, -0.05) is 19.3 Å². The Kier molecular flexibility index (Phi) is 7.39. The van der Waals surface area contributed by atoms with Gasteiger partial charge in [0.15, 0.2) is 11.7 Å². The zero-order valence-corrected chi connectivity index (χ0v) is 15.6. The number of benzene rings is 1. The van der Waals surface area contributed by atoms with Crippen LogP contribution in [0.5, 0.6) is 0 Å². The second kappa shape index (κ2) is 10.2. The normalized spacial score (nSPS) is 15.0. The summed E-state index contributed by atoms with van der Waals surface area (Å²) in [5.74, 6) is 0.767.